The van der Waals surface area contributed by atoms with Gasteiger partial charge in [-0.15, -0.1) is 0 Å². The summed E-state index contributed by atoms with van der Waals surface area (Å²) in [6.07, 6.45) is -0.165. The topological polar surface area (TPSA) is 42.2 Å². The molecule has 1 aliphatic rings. The van der Waals surface area contributed by atoms with Crippen LogP contribution >= 0.6 is 0 Å². The number of hydrogen-bond acceptors (Lipinski definition) is 3. The second-order valence-electron chi connectivity index (χ2n) is 5.51. The smallest absolute Gasteiger partial charge is 0.354 e. The van der Waals surface area contributed by atoms with Crippen molar-refractivity contribution in [3.63, 3.8) is 0 Å². The lowest BCUT2D eigenvalue weighted by Gasteiger charge is -2.40. The third-order valence-corrected chi connectivity index (χ3v) is 4.23. The minimum Gasteiger partial charge on any atom is -0.354 e. The van der Waals surface area contributed by atoms with Gasteiger partial charge in [0.2, 0.25) is 0 Å². The van der Waals surface area contributed by atoms with Crippen molar-refractivity contribution in [1.82, 2.24) is 4.98 Å². The number of aromatic nitrogens is 1. The number of anilines is 1. The van der Waals surface area contributed by atoms with Crippen molar-refractivity contribution < 1.29 is 13.2 Å². The molecule has 3 nitrogen and oxygen atoms in total. The Hall–Kier alpha value is -1.30. The highest BCUT2D eigenvalue weighted by atomic mass is 19.4. The first kappa shape index (κ1) is 16.1. The summed E-state index contributed by atoms with van der Waals surface area (Å²) < 4.78 is 38.5. The molecule has 2 rings (SSSR count). The molecule has 21 heavy (non-hydrogen) atoms. The van der Waals surface area contributed by atoms with Gasteiger partial charge in [0.05, 0.1) is 0 Å². The maximum Gasteiger partial charge on any atom is 0.433 e. The second-order valence-corrected chi connectivity index (χ2v) is 5.51. The van der Waals surface area contributed by atoms with Crippen molar-refractivity contribution in [1.29, 1.82) is 0 Å². The van der Waals surface area contributed by atoms with E-state index in [1.807, 2.05) is 11.8 Å². The molecule has 2 N–H and O–H groups in total. The Balaban J connectivity index is 2.28. The van der Waals surface area contributed by atoms with E-state index in [0.29, 0.717) is 24.8 Å². The van der Waals surface area contributed by atoms with Gasteiger partial charge in [-0.05, 0) is 44.4 Å². The maximum absolute atomic E-state index is 12.8. The largest absolute Gasteiger partial charge is 0.433 e. The molecule has 118 valence electrons. The molecule has 1 saturated carbocycles. The number of nitrogens with zero attached hydrogens (tertiary/aromatic N) is 2. The van der Waals surface area contributed by atoms with Crippen molar-refractivity contribution >= 4 is 5.82 Å². The van der Waals surface area contributed by atoms with Gasteiger partial charge in [0.25, 0.3) is 0 Å². The normalized spacial score (nSPS) is 23.1. The lowest BCUT2D eigenvalue weighted by molar-refractivity contribution is -0.141. The molecular weight excluding hydrogens is 279 g/mol. The Kier molecular flexibility index (Phi) is 5.08. The van der Waals surface area contributed by atoms with E-state index in [4.69, 9.17) is 5.73 Å². The molecule has 0 saturated heterocycles. The summed E-state index contributed by atoms with van der Waals surface area (Å²) in [6, 6.07) is 4.28. The molecular formula is C15H22F3N3. The zero-order valence-electron chi connectivity index (χ0n) is 12.2. The molecule has 2 atom stereocenters. The number of alkyl halides is 3. The van der Waals surface area contributed by atoms with Gasteiger partial charge in [0.1, 0.15) is 11.5 Å². The highest BCUT2D eigenvalue weighted by molar-refractivity contribution is 5.41. The predicted octanol–water partition coefficient (Wildman–Crippen LogP) is 3.44. The molecule has 0 radical (unpaired) electrons. The van der Waals surface area contributed by atoms with Gasteiger partial charge in [-0.1, -0.05) is 18.9 Å². The molecule has 0 amide bonds. The first-order valence-electron chi connectivity index (χ1n) is 7.48. The summed E-state index contributed by atoms with van der Waals surface area (Å²) in [5.74, 6) is 0.729. The standard InChI is InChI=1S/C15H22F3N3/c1-2-21(12-7-4-3-6-11(12)10-19)14-9-5-8-13(20-14)15(16,17)18/h5,8-9,11-12H,2-4,6-7,10,19H2,1H3. The Bertz CT molecular complexity index is 462. The molecule has 1 aromatic rings. The summed E-state index contributed by atoms with van der Waals surface area (Å²) in [4.78, 5) is 5.80. The Morgan fingerprint density at radius 3 is 2.62 bits per heavy atom. The molecule has 6 heteroatoms. The van der Waals surface area contributed by atoms with Gasteiger partial charge in [-0.2, -0.15) is 13.2 Å². The van der Waals surface area contributed by atoms with Crippen molar-refractivity contribution in [2.45, 2.75) is 44.8 Å². The van der Waals surface area contributed by atoms with Crippen LogP contribution in [-0.4, -0.2) is 24.1 Å². The maximum atomic E-state index is 12.8. The highest BCUT2D eigenvalue weighted by Crippen LogP contribution is 2.33. The van der Waals surface area contributed by atoms with Crippen LogP contribution in [-0.2, 0) is 6.18 Å². The van der Waals surface area contributed by atoms with E-state index in [-0.39, 0.29) is 6.04 Å². The van der Waals surface area contributed by atoms with Gasteiger partial charge in [0.15, 0.2) is 0 Å². The summed E-state index contributed by atoms with van der Waals surface area (Å²) in [5, 5.41) is 0. The second kappa shape index (κ2) is 6.64. The van der Waals surface area contributed by atoms with E-state index in [2.05, 4.69) is 4.98 Å². The van der Waals surface area contributed by atoms with E-state index < -0.39 is 11.9 Å². The molecule has 1 aromatic heterocycles. The molecule has 0 aromatic carbocycles. The molecule has 0 spiro atoms. The van der Waals surface area contributed by atoms with Crippen LogP contribution < -0.4 is 10.6 Å². The quantitative estimate of drug-likeness (QED) is 0.926. The van der Waals surface area contributed by atoms with E-state index in [1.165, 1.54) is 6.07 Å². The first-order chi connectivity index (χ1) is 9.97. The fourth-order valence-corrected chi connectivity index (χ4v) is 3.18. The Morgan fingerprint density at radius 2 is 2.00 bits per heavy atom. The van der Waals surface area contributed by atoms with E-state index in [9.17, 15) is 13.2 Å². The lowest BCUT2D eigenvalue weighted by atomic mass is 9.83. The first-order valence-corrected chi connectivity index (χ1v) is 7.48. The van der Waals surface area contributed by atoms with Crippen LogP contribution in [0.5, 0.6) is 0 Å². The van der Waals surface area contributed by atoms with Gasteiger partial charge in [-0.3, -0.25) is 0 Å². The van der Waals surface area contributed by atoms with Crippen LogP contribution in [0.2, 0.25) is 0 Å². The molecule has 0 bridgehead atoms. The van der Waals surface area contributed by atoms with Crippen LogP contribution in [0.4, 0.5) is 19.0 Å². The summed E-state index contributed by atoms with van der Waals surface area (Å²) in [7, 11) is 0. The molecule has 0 aliphatic heterocycles. The lowest BCUT2D eigenvalue weighted by Crippen LogP contribution is -2.45. The van der Waals surface area contributed by atoms with Crippen LogP contribution in [0.1, 0.15) is 38.3 Å². The van der Waals surface area contributed by atoms with Crippen molar-refractivity contribution in [3.8, 4) is 0 Å². The van der Waals surface area contributed by atoms with Crippen LogP contribution in [0.3, 0.4) is 0 Å². The zero-order valence-corrected chi connectivity index (χ0v) is 12.2. The zero-order chi connectivity index (χ0) is 15.5. The van der Waals surface area contributed by atoms with Gasteiger partial charge >= 0.3 is 6.18 Å². The van der Waals surface area contributed by atoms with Crippen LogP contribution in [0, 0.1) is 5.92 Å². The molecule has 1 aliphatic carbocycles. The third-order valence-electron chi connectivity index (χ3n) is 4.23. The molecule has 2 unspecified atom stereocenters. The average Bonchev–Trinajstić information content (AvgIpc) is 2.48. The monoisotopic (exact) mass is 301 g/mol. The summed E-state index contributed by atoms with van der Waals surface area (Å²) >= 11 is 0. The van der Waals surface area contributed by atoms with E-state index in [0.717, 1.165) is 31.7 Å². The summed E-state index contributed by atoms with van der Waals surface area (Å²) in [5.41, 5.74) is 5.00. The molecule has 1 heterocycles. The third kappa shape index (κ3) is 3.67. The summed E-state index contributed by atoms with van der Waals surface area (Å²) in [6.45, 7) is 3.15. The number of pyridine rings is 1. The number of nitrogens with two attached hydrogens (primary N) is 1. The fourth-order valence-electron chi connectivity index (χ4n) is 3.18. The fraction of sp³-hybridized carbons (Fsp3) is 0.667. The van der Waals surface area contributed by atoms with Gasteiger partial charge in [-0.25, -0.2) is 4.98 Å². The minimum absolute atomic E-state index is 0.185. The van der Waals surface area contributed by atoms with Crippen molar-refractivity contribution in [3.05, 3.63) is 23.9 Å². The van der Waals surface area contributed by atoms with Crippen molar-refractivity contribution in [2.75, 3.05) is 18.0 Å². The SMILES string of the molecule is CCN(c1cccc(C(F)(F)F)n1)C1CCCCC1CN. The Labute approximate surface area is 123 Å². The molecule has 1 fully saturated rings. The number of hydrogen-bond donors (Lipinski definition) is 1. The van der Waals surface area contributed by atoms with Crippen molar-refractivity contribution in [2.24, 2.45) is 11.7 Å². The van der Waals surface area contributed by atoms with Gasteiger partial charge < -0.3 is 10.6 Å². The Morgan fingerprint density at radius 1 is 1.29 bits per heavy atom. The number of halogens is 3. The van der Waals surface area contributed by atoms with Gasteiger partial charge in [0, 0.05) is 12.6 Å². The number of rotatable bonds is 4. The highest BCUT2D eigenvalue weighted by Gasteiger charge is 2.34. The van der Waals surface area contributed by atoms with Crippen LogP contribution in [0.15, 0.2) is 18.2 Å². The van der Waals surface area contributed by atoms with Crippen LogP contribution in [0.25, 0.3) is 0 Å². The predicted molar refractivity (Wildman–Crippen MR) is 77.1 cm³/mol. The average molecular weight is 301 g/mol. The van der Waals surface area contributed by atoms with E-state index >= 15 is 0 Å². The van der Waals surface area contributed by atoms with E-state index in [1.54, 1.807) is 6.07 Å². The minimum atomic E-state index is -4.41.